The van der Waals surface area contributed by atoms with Crippen LogP contribution in [0.25, 0.3) is 11.1 Å². The Morgan fingerprint density at radius 2 is 2.08 bits per heavy atom. The molecule has 2 aromatic heterocycles. The molecule has 0 aliphatic carbocycles. The van der Waals surface area contributed by atoms with Crippen molar-refractivity contribution in [3.05, 3.63) is 64.8 Å². The minimum absolute atomic E-state index is 0.187. The van der Waals surface area contributed by atoms with Crippen LogP contribution in [0.4, 0.5) is 4.39 Å². The van der Waals surface area contributed by atoms with Crippen LogP contribution in [0.5, 0.6) is 0 Å². The maximum absolute atomic E-state index is 13.5. The third kappa shape index (κ3) is 3.08. The Morgan fingerprint density at radius 1 is 1.23 bits per heavy atom. The highest BCUT2D eigenvalue weighted by Crippen LogP contribution is 2.26. The summed E-state index contributed by atoms with van der Waals surface area (Å²) >= 11 is 0. The molecule has 26 heavy (non-hydrogen) atoms. The third-order valence-corrected chi connectivity index (χ3v) is 4.63. The molecule has 4 rings (SSSR count). The standard InChI is InChI=1S/C20H19FN2O3/c1-12-9-14(4-5-15(12)21)19-11-23(7-8-25-19)20(24)18-10-16-17(26-18)6-3-13(2)22-16/h3-6,9-10,19H,7-8,11H2,1-2H3. The van der Waals surface area contributed by atoms with Gasteiger partial charge in [0.1, 0.15) is 17.4 Å². The van der Waals surface area contributed by atoms with E-state index in [4.69, 9.17) is 9.15 Å². The number of aromatic nitrogens is 1. The fourth-order valence-corrected chi connectivity index (χ4v) is 3.19. The van der Waals surface area contributed by atoms with Crippen LogP contribution in [0, 0.1) is 19.7 Å². The number of rotatable bonds is 2. The number of halogens is 1. The summed E-state index contributed by atoms with van der Waals surface area (Å²) in [6, 6.07) is 10.2. The first-order valence-electron chi connectivity index (χ1n) is 8.55. The molecule has 1 aliphatic heterocycles. The molecule has 134 valence electrons. The van der Waals surface area contributed by atoms with E-state index in [0.29, 0.717) is 36.4 Å². The number of hydrogen-bond donors (Lipinski definition) is 0. The van der Waals surface area contributed by atoms with Crippen LogP contribution in [0.15, 0.2) is 40.8 Å². The lowest BCUT2D eigenvalue weighted by atomic mass is 10.0. The van der Waals surface area contributed by atoms with Crippen molar-refractivity contribution >= 4 is 17.0 Å². The van der Waals surface area contributed by atoms with E-state index in [9.17, 15) is 9.18 Å². The van der Waals surface area contributed by atoms with E-state index in [2.05, 4.69) is 4.98 Å². The van der Waals surface area contributed by atoms with Crippen molar-refractivity contribution in [2.24, 2.45) is 0 Å². The van der Waals surface area contributed by atoms with Crippen LogP contribution >= 0.6 is 0 Å². The smallest absolute Gasteiger partial charge is 0.289 e. The van der Waals surface area contributed by atoms with E-state index in [-0.39, 0.29) is 23.6 Å². The van der Waals surface area contributed by atoms with E-state index in [1.807, 2.05) is 19.1 Å². The summed E-state index contributed by atoms with van der Waals surface area (Å²) in [5.41, 5.74) is 3.57. The van der Waals surface area contributed by atoms with Crippen LogP contribution in [0.3, 0.4) is 0 Å². The number of fused-ring (bicyclic) bond motifs is 1. The molecule has 0 spiro atoms. The van der Waals surface area contributed by atoms with Crippen molar-refractivity contribution < 1.29 is 18.3 Å². The number of carbonyl (C=O) groups excluding carboxylic acids is 1. The van der Waals surface area contributed by atoms with Crippen LogP contribution < -0.4 is 0 Å². The minimum Gasteiger partial charge on any atom is -0.449 e. The zero-order valence-corrected chi connectivity index (χ0v) is 14.7. The average molecular weight is 354 g/mol. The molecule has 0 saturated carbocycles. The number of morpholine rings is 1. The van der Waals surface area contributed by atoms with Gasteiger partial charge in [0, 0.05) is 18.3 Å². The number of pyridine rings is 1. The van der Waals surface area contributed by atoms with Crippen molar-refractivity contribution in [1.29, 1.82) is 0 Å². The minimum atomic E-state index is -0.281. The van der Waals surface area contributed by atoms with Crippen molar-refractivity contribution in [3.63, 3.8) is 0 Å². The summed E-state index contributed by atoms with van der Waals surface area (Å²) in [6.07, 6.45) is -0.281. The Labute approximate surface area is 150 Å². The molecule has 3 heterocycles. The normalized spacial score (nSPS) is 17.7. The summed E-state index contributed by atoms with van der Waals surface area (Å²) in [5, 5.41) is 0. The van der Waals surface area contributed by atoms with Gasteiger partial charge in [-0.3, -0.25) is 4.79 Å². The third-order valence-electron chi connectivity index (χ3n) is 4.63. The Hall–Kier alpha value is -2.73. The number of aryl methyl sites for hydroxylation is 2. The van der Waals surface area contributed by atoms with Gasteiger partial charge in [0.25, 0.3) is 5.91 Å². The molecule has 0 bridgehead atoms. The number of hydrogen-bond acceptors (Lipinski definition) is 4. The van der Waals surface area contributed by atoms with E-state index >= 15 is 0 Å². The summed E-state index contributed by atoms with van der Waals surface area (Å²) < 4.78 is 25.0. The molecule has 1 aliphatic rings. The first-order valence-corrected chi connectivity index (χ1v) is 8.55. The molecule has 0 N–H and O–H groups in total. The highest BCUT2D eigenvalue weighted by molar-refractivity contribution is 5.95. The van der Waals surface area contributed by atoms with Gasteiger partial charge >= 0.3 is 0 Å². The van der Waals surface area contributed by atoms with Gasteiger partial charge in [0.2, 0.25) is 0 Å². The summed E-state index contributed by atoms with van der Waals surface area (Å²) in [6.45, 7) is 4.91. The van der Waals surface area contributed by atoms with E-state index in [1.165, 1.54) is 6.07 Å². The van der Waals surface area contributed by atoms with E-state index < -0.39 is 0 Å². The zero-order chi connectivity index (χ0) is 18.3. The van der Waals surface area contributed by atoms with Crippen LogP contribution in [0.1, 0.15) is 33.5 Å². The van der Waals surface area contributed by atoms with Gasteiger partial charge in [0.05, 0.1) is 13.2 Å². The van der Waals surface area contributed by atoms with Gasteiger partial charge in [-0.1, -0.05) is 12.1 Å². The molecule has 1 amide bonds. The summed E-state index contributed by atoms with van der Waals surface area (Å²) in [4.78, 5) is 18.9. The highest BCUT2D eigenvalue weighted by atomic mass is 19.1. The van der Waals surface area contributed by atoms with Gasteiger partial charge in [-0.05, 0) is 43.2 Å². The number of benzene rings is 1. The molecule has 6 heteroatoms. The maximum Gasteiger partial charge on any atom is 0.289 e. The monoisotopic (exact) mass is 354 g/mol. The predicted molar refractivity (Wildman–Crippen MR) is 94.5 cm³/mol. The molecule has 1 saturated heterocycles. The zero-order valence-electron chi connectivity index (χ0n) is 14.7. The lowest BCUT2D eigenvalue weighted by Crippen LogP contribution is -2.42. The number of amides is 1. The van der Waals surface area contributed by atoms with Gasteiger partial charge in [-0.2, -0.15) is 0 Å². The topological polar surface area (TPSA) is 55.6 Å². The predicted octanol–water partition coefficient (Wildman–Crippen LogP) is 3.80. The first-order chi connectivity index (χ1) is 12.5. The number of ether oxygens (including phenoxy) is 1. The van der Waals surface area contributed by atoms with Gasteiger partial charge in [-0.25, -0.2) is 9.37 Å². The SMILES string of the molecule is Cc1ccc2oc(C(=O)N3CCOC(c4ccc(F)c(C)c4)C3)cc2n1. The molecular formula is C20H19FN2O3. The molecule has 1 fully saturated rings. The Bertz CT molecular complexity index is 982. The Kier molecular flexibility index (Phi) is 4.20. The van der Waals surface area contributed by atoms with Gasteiger partial charge < -0.3 is 14.1 Å². The molecule has 0 radical (unpaired) electrons. The van der Waals surface area contributed by atoms with Crippen LogP contribution in [-0.2, 0) is 4.74 Å². The lowest BCUT2D eigenvalue weighted by Gasteiger charge is -2.32. The quantitative estimate of drug-likeness (QED) is 0.702. The van der Waals surface area contributed by atoms with Crippen molar-refractivity contribution in [2.45, 2.75) is 20.0 Å². The number of carbonyl (C=O) groups is 1. The molecule has 1 atom stereocenters. The molecule has 1 aromatic carbocycles. The van der Waals surface area contributed by atoms with E-state index in [0.717, 1.165) is 11.3 Å². The first kappa shape index (κ1) is 16.7. The fraction of sp³-hybridized carbons (Fsp3) is 0.300. The van der Waals surface area contributed by atoms with Gasteiger partial charge in [-0.15, -0.1) is 0 Å². The molecule has 3 aromatic rings. The van der Waals surface area contributed by atoms with E-state index in [1.54, 1.807) is 30.0 Å². The fourth-order valence-electron chi connectivity index (χ4n) is 3.19. The lowest BCUT2D eigenvalue weighted by molar-refractivity contribution is -0.0237. The second kappa shape index (κ2) is 6.53. The number of furan rings is 1. The second-order valence-electron chi connectivity index (χ2n) is 6.57. The van der Waals surface area contributed by atoms with Crippen molar-refractivity contribution in [1.82, 2.24) is 9.88 Å². The summed E-state index contributed by atoms with van der Waals surface area (Å²) in [7, 11) is 0. The highest BCUT2D eigenvalue weighted by Gasteiger charge is 2.28. The molecular weight excluding hydrogens is 335 g/mol. The summed E-state index contributed by atoms with van der Waals surface area (Å²) in [5.74, 6) is -0.163. The van der Waals surface area contributed by atoms with Crippen molar-refractivity contribution in [2.75, 3.05) is 19.7 Å². The molecule has 1 unspecified atom stereocenters. The largest absolute Gasteiger partial charge is 0.449 e. The maximum atomic E-state index is 13.5. The molecule has 5 nitrogen and oxygen atoms in total. The average Bonchev–Trinajstić information content (AvgIpc) is 3.06. The second-order valence-corrected chi connectivity index (χ2v) is 6.57. The Balaban J connectivity index is 1.56. The van der Waals surface area contributed by atoms with Crippen molar-refractivity contribution in [3.8, 4) is 0 Å². The van der Waals surface area contributed by atoms with Crippen LogP contribution in [-0.4, -0.2) is 35.5 Å². The van der Waals surface area contributed by atoms with Crippen LogP contribution in [0.2, 0.25) is 0 Å². The number of nitrogens with zero attached hydrogens (tertiary/aromatic N) is 2. The van der Waals surface area contributed by atoms with Gasteiger partial charge in [0.15, 0.2) is 11.3 Å². The Morgan fingerprint density at radius 3 is 2.88 bits per heavy atom.